The van der Waals surface area contributed by atoms with Crippen molar-refractivity contribution >= 4 is 24.4 Å². The van der Waals surface area contributed by atoms with Crippen LogP contribution >= 0.6 is 0 Å². The number of nitro groups is 1. The Bertz CT molecular complexity index is 1090. The molecule has 1 N–H and O–H groups in total. The molecule has 0 unspecified atom stereocenters. The highest BCUT2D eigenvalue weighted by atomic mass is 28.4. The van der Waals surface area contributed by atoms with Gasteiger partial charge in [0, 0.05) is 18.2 Å². The van der Waals surface area contributed by atoms with Crippen LogP contribution < -0.4 is 20.4 Å². The van der Waals surface area contributed by atoms with E-state index in [0.717, 1.165) is 0 Å². The number of para-hydroxylation sites is 1. The van der Waals surface area contributed by atoms with Gasteiger partial charge in [-0.1, -0.05) is 99.6 Å². The molecule has 0 heterocycles. The Morgan fingerprint density at radius 1 is 1.00 bits per heavy atom. The summed E-state index contributed by atoms with van der Waals surface area (Å²) in [4.78, 5) is 11.2. The maximum absolute atomic E-state index is 11.7. The minimum atomic E-state index is -2.79. The minimum absolute atomic E-state index is 0.0687. The highest BCUT2D eigenvalue weighted by Gasteiger charge is 2.50. The van der Waals surface area contributed by atoms with Crippen LogP contribution in [0.3, 0.4) is 0 Å². The number of rotatable bonds is 11. The van der Waals surface area contributed by atoms with Gasteiger partial charge in [0.05, 0.1) is 24.7 Å². The number of hydrogen-bond donors (Lipinski definition) is 1. The van der Waals surface area contributed by atoms with E-state index in [-0.39, 0.29) is 22.5 Å². The molecule has 3 aromatic rings. The third kappa shape index (κ3) is 5.53. The maximum atomic E-state index is 11.7. The molecule has 1 atom stereocenters. The molecule has 0 aromatic heterocycles. The number of hydrogen-bond acceptors (Lipinski definition) is 5. The predicted octanol–water partition coefficient (Wildman–Crippen LogP) is 5.00. The van der Waals surface area contributed by atoms with E-state index in [1.54, 1.807) is 12.1 Å². The van der Waals surface area contributed by atoms with E-state index in [0.29, 0.717) is 18.7 Å². The molecule has 0 aliphatic heterocycles. The molecule has 184 valence electrons. The van der Waals surface area contributed by atoms with Crippen LogP contribution in [-0.4, -0.2) is 33.5 Å². The number of methoxy groups -OCH3 is 1. The van der Waals surface area contributed by atoms with Crippen molar-refractivity contribution in [3.05, 3.63) is 107 Å². The Hall–Kier alpha value is -3.26. The van der Waals surface area contributed by atoms with E-state index < -0.39 is 13.2 Å². The van der Waals surface area contributed by atoms with Crippen LogP contribution in [0.25, 0.3) is 0 Å². The first kappa shape index (κ1) is 26.3. The van der Waals surface area contributed by atoms with Gasteiger partial charge < -0.3 is 14.5 Å². The molecule has 3 rings (SSSR count). The fourth-order valence-electron chi connectivity index (χ4n) is 4.64. The molecule has 0 aliphatic rings. The molecule has 3 aromatic carbocycles. The summed E-state index contributed by atoms with van der Waals surface area (Å²) < 4.78 is 12.6. The zero-order valence-corrected chi connectivity index (χ0v) is 21.9. The monoisotopic (exact) mass is 490 g/mol. The van der Waals surface area contributed by atoms with Crippen molar-refractivity contribution in [1.29, 1.82) is 0 Å². The highest BCUT2D eigenvalue weighted by Crippen LogP contribution is 2.39. The molecular formula is C28H34N2O4Si. The molecule has 0 bridgehead atoms. The van der Waals surface area contributed by atoms with Gasteiger partial charge in [0.25, 0.3) is 8.32 Å². The number of nitro benzene ring substituents is 1. The fraction of sp³-hybridized carbons (Fsp3) is 0.286. The third-order valence-corrected chi connectivity index (χ3v) is 11.2. The van der Waals surface area contributed by atoms with E-state index >= 15 is 0 Å². The van der Waals surface area contributed by atoms with Crippen LogP contribution in [-0.2, 0) is 4.43 Å². The molecule has 0 saturated carbocycles. The van der Waals surface area contributed by atoms with Gasteiger partial charge in [0.15, 0.2) is 0 Å². The van der Waals surface area contributed by atoms with Crippen molar-refractivity contribution < 1.29 is 14.1 Å². The summed E-state index contributed by atoms with van der Waals surface area (Å²) in [5.41, 5.74) is 0.613. The number of nitrogens with zero attached hydrogens (tertiary/aromatic N) is 1. The van der Waals surface area contributed by atoms with E-state index in [2.05, 4.69) is 56.9 Å². The van der Waals surface area contributed by atoms with Gasteiger partial charge in [-0.3, -0.25) is 10.1 Å². The Balaban J connectivity index is 2.13. The largest absolute Gasteiger partial charge is 0.490 e. The number of benzene rings is 3. The standard InChI is InChI=1S/C28H34N2O4Si/c1-6-20-29-25(24-18-13-19-26(30(31)32)27(24)33-5)21-34-35(28(2,3)4,22-14-9-7-10-15-22)23-16-11-8-12-17-23/h6-19,25,29H,1,20-21H2,2-5H3/t25-/m0/s1. The van der Waals surface area contributed by atoms with Crippen LogP contribution in [0.1, 0.15) is 32.4 Å². The van der Waals surface area contributed by atoms with E-state index in [4.69, 9.17) is 9.16 Å². The minimum Gasteiger partial charge on any atom is -0.490 e. The van der Waals surface area contributed by atoms with Crippen LogP contribution in [0.2, 0.25) is 5.04 Å². The van der Waals surface area contributed by atoms with Crippen molar-refractivity contribution in [2.45, 2.75) is 31.9 Å². The molecule has 35 heavy (non-hydrogen) atoms. The normalized spacial score (nSPS) is 12.7. The van der Waals surface area contributed by atoms with E-state index in [1.807, 2.05) is 42.5 Å². The molecule has 0 aliphatic carbocycles. The van der Waals surface area contributed by atoms with Crippen molar-refractivity contribution in [2.75, 3.05) is 20.3 Å². The molecule has 0 spiro atoms. The van der Waals surface area contributed by atoms with Gasteiger partial charge in [0.2, 0.25) is 5.75 Å². The Morgan fingerprint density at radius 3 is 2.03 bits per heavy atom. The molecule has 0 saturated heterocycles. The van der Waals surface area contributed by atoms with Crippen LogP contribution in [0.4, 0.5) is 5.69 Å². The first-order valence-corrected chi connectivity index (χ1v) is 13.6. The smallest absolute Gasteiger partial charge is 0.311 e. The molecule has 7 heteroatoms. The topological polar surface area (TPSA) is 73.6 Å². The molecule has 0 amide bonds. The van der Waals surface area contributed by atoms with Crippen molar-refractivity contribution in [3.8, 4) is 5.75 Å². The van der Waals surface area contributed by atoms with Gasteiger partial charge >= 0.3 is 5.69 Å². The summed E-state index contributed by atoms with van der Waals surface area (Å²) >= 11 is 0. The zero-order chi connectivity index (χ0) is 25.5. The van der Waals surface area contributed by atoms with Crippen LogP contribution in [0.5, 0.6) is 5.75 Å². The van der Waals surface area contributed by atoms with E-state index in [9.17, 15) is 10.1 Å². The van der Waals surface area contributed by atoms with Gasteiger partial charge in [0.1, 0.15) is 0 Å². The zero-order valence-electron chi connectivity index (χ0n) is 20.9. The van der Waals surface area contributed by atoms with E-state index in [1.165, 1.54) is 23.5 Å². The summed E-state index contributed by atoms with van der Waals surface area (Å²) in [6.45, 7) is 11.3. The van der Waals surface area contributed by atoms with Gasteiger partial charge in [-0.15, -0.1) is 6.58 Å². The van der Waals surface area contributed by atoms with Crippen molar-refractivity contribution in [3.63, 3.8) is 0 Å². The second-order valence-electron chi connectivity index (χ2n) is 9.38. The lowest BCUT2D eigenvalue weighted by Gasteiger charge is -2.43. The Morgan fingerprint density at radius 2 is 1.57 bits per heavy atom. The molecule has 6 nitrogen and oxygen atoms in total. The first-order valence-electron chi connectivity index (χ1n) is 11.7. The average Bonchev–Trinajstić information content (AvgIpc) is 2.86. The molecule has 0 radical (unpaired) electrons. The summed E-state index contributed by atoms with van der Waals surface area (Å²) in [5, 5.41) is 17.2. The lowest BCUT2D eigenvalue weighted by molar-refractivity contribution is -0.385. The fourth-order valence-corrected chi connectivity index (χ4v) is 9.21. The Labute approximate surface area is 208 Å². The van der Waals surface area contributed by atoms with Gasteiger partial charge in [-0.2, -0.15) is 0 Å². The van der Waals surface area contributed by atoms with Crippen LogP contribution in [0, 0.1) is 10.1 Å². The van der Waals surface area contributed by atoms with Crippen molar-refractivity contribution in [2.24, 2.45) is 0 Å². The molecular weight excluding hydrogens is 456 g/mol. The highest BCUT2D eigenvalue weighted by molar-refractivity contribution is 6.99. The lowest BCUT2D eigenvalue weighted by Crippen LogP contribution is -2.67. The summed E-state index contributed by atoms with van der Waals surface area (Å²) in [7, 11) is -1.33. The van der Waals surface area contributed by atoms with Crippen molar-refractivity contribution in [1.82, 2.24) is 5.32 Å². The predicted molar refractivity (Wildman–Crippen MR) is 144 cm³/mol. The maximum Gasteiger partial charge on any atom is 0.311 e. The molecule has 0 fully saturated rings. The summed E-state index contributed by atoms with van der Waals surface area (Å²) in [5.74, 6) is 0.241. The van der Waals surface area contributed by atoms with Crippen LogP contribution in [0.15, 0.2) is 91.5 Å². The quantitative estimate of drug-likeness (QED) is 0.177. The second-order valence-corrected chi connectivity index (χ2v) is 13.7. The lowest BCUT2D eigenvalue weighted by atomic mass is 10.1. The SMILES string of the molecule is C=CCN[C@@H](CO[Si](c1ccccc1)(c1ccccc1)C(C)(C)C)c1cccc([N+](=O)[O-])c1OC. The second kappa shape index (κ2) is 11.4. The summed E-state index contributed by atoms with van der Waals surface area (Å²) in [6.07, 6.45) is 1.76. The van der Waals surface area contributed by atoms with Gasteiger partial charge in [-0.05, 0) is 15.4 Å². The average molecular weight is 491 g/mol. The first-order chi connectivity index (χ1) is 16.8. The third-order valence-electron chi connectivity index (χ3n) is 6.19. The Kier molecular flexibility index (Phi) is 8.61. The van der Waals surface area contributed by atoms with Gasteiger partial charge in [-0.25, -0.2) is 0 Å². The number of ether oxygens (including phenoxy) is 1. The summed E-state index contributed by atoms with van der Waals surface area (Å²) in [6, 6.07) is 25.4. The number of nitrogens with one attached hydrogen (secondary N) is 1.